The van der Waals surface area contributed by atoms with Gasteiger partial charge in [-0.15, -0.1) is 0 Å². The molecule has 120 valence electrons. The van der Waals surface area contributed by atoms with Gasteiger partial charge in [-0.25, -0.2) is 4.99 Å². The number of hydrogen-bond donors (Lipinski definition) is 1. The second kappa shape index (κ2) is 5.89. The number of benzene rings is 3. The number of hydrogen-bond acceptors (Lipinski definition) is 4. The highest BCUT2D eigenvalue weighted by molar-refractivity contribution is 6.20. The maximum atomic E-state index is 5.83. The maximum Gasteiger partial charge on any atom is 0.172 e. The molecule has 0 unspecified atom stereocenters. The van der Waals surface area contributed by atoms with Crippen LogP contribution in [0, 0.1) is 0 Å². The SMILES string of the molecule is CCOc1c(OC)cccc1C1=Nc2cccc3cccc(c23)N1. The predicted octanol–water partition coefficient (Wildman–Crippen LogP) is 4.75. The lowest BCUT2D eigenvalue weighted by molar-refractivity contribution is 0.310. The second-order valence-electron chi connectivity index (χ2n) is 5.54. The highest BCUT2D eigenvalue weighted by Gasteiger charge is 2.20. The van der Waals surface area contributed by atoms with E-state index in [4.69, 9.17) is 14.5 Å². The fourth-order valence-corrected chi connectivity index (χ4v) is 3.08. The zero-order chi connectivity index (χ0) is 16.5. The van der Waals surface area contributed by atoms with E-state index in [1.54, 1.807) is 7.11 Å². The van der Waals surface area contributed by atoms with E-state index in [-0.39, 0.29) is 0 Å². The Bertz CT molecular complexity index is 942. The molecule has 4 heteroatoms. The Kier molecular flexibility index (Phi) is 3.58. The average Bonchev–Trinajstić information content (AvgIpc) is 2.62. The predicted molar refractivity (Wildman–Crippen MR) is 97.9 cm³/mol. The van der Waals surface area contributed by atoms with Crippen molar-refractivity contribution < 1.29 is 9.47 Å². The summed E-state index contributed by atoms with van der Waals surface area (Å²) in [5, 5.41) is 5.76. The van der Waals surface area contributed by atoms with Crippen LogP contribution in [0.1, 0.15) is 12.5 Å². The van der Waals surface area contributed by atoms with E-state index in [9.17, 15) is 0 Å². The van der Waals surface area contributed by atoms with Gasteiger partial charge in [0.15, 0.2) is 11.5 Å². The topological polar surface area (TPSA) is 42.9 Å². The second-order valence-corrected chi connectivity index (χ2v) is 5.54. The number of nitrogens with one attached hydrogen (secondary N) is 1. The smallest absolute Gasteiger partial charge is 0.172 e. The summed E-state index contributed by atoms with van der Waals surface area (Å²) < 4.78 is 11.3. The Morgan fingerprint density at radius 2 is 1.79 bits per heavy atom. The van der Waals surface area contributed by atoms with Gasteiger partial charge in [-0.05, 0) is 36.6 Å². The lowest BCUT2D eigenvalue weighted by Gasteiger charge is -2.21. The van der Waals surface area contributed by atoms with Crippen LogP contribution in [0.15, 0.2) is 59.6 Å². The molecule has 0 aliphatic carbocycles. The minimum absolute atomic E-state index is 0.562. The van der Waals surface area contributed by atoms with Crippen LogP contribution in [0.2, 0.25) is 0 Å². The largest absolute Gasteiger partial charge is 0.493 e. The van der Waals surface area contributed by atoms with Crippen molar-refractivity contribution in [3.8, 4) is 11.5 Å². The number of ether oxygens (including phenoxy) is 2. The molecule has 0 atom stereocenters. The number of aliphatic imine (C=N–C) groups is 1. The van der Waals surface area contributed by atoms with Gasteiger partial charge in [-0.2, -0.15) is 0 Å². The first-order chi connectivity index (χ1) is 11.8. The molecule has 0 radical (unpaired) electrons. The van der Waals surface area contributed by atoms with Gasteiger partial charge in [0, 0.05) is 11.1 Å². The van der Waals surface area contributed by atoms with Gasteiger partial charge in [0.05, 0.1) is 25.0 Å². The maximum absolute atomic E-state index is 5.83. The molecule has 1 N–H and O–H groups in total. The Balaban J connectivity index is 1.90. The number of para-hydroxylation sites is 1. The van der Waals surface area contributed by atoms with Crippen molar-refractivity contribution in [2.75, 3.05) is 19.0 Å². The molecule has 0 amide bonds. The van der Waals surface area contributed by atoms with Gasteiger partial charge in [-0.3, -0.25) is 0 Å². The third-order valence-corrected chi connectivity index (χ3v) is 4.11. The summed E-state index contributed by atoms with van der Waals surface area (Å²) in [5.74, 6) is 2.18. The number of rotatable bonds is 4. The van der Waals surface area contributed by atoms with Crippen molar-refractivity contribution in [1.29, 1.82) is 0 Å². The standard InChI is InChI=1S/C20H18N2O2/c1-3-24-19-14(9-6-12-17(19)23-2)20-21-15-10-4-7-13-8-5-11-16(22-20)18(13)15/h4-12H,3H2,1-2H3,(H,21,22). The molecular weight excluding hydrogens is 300 g/mol. The van der Waals surface area contributed by atoms with Crippen molar-refractivity contribution in [2.45, 2.75) is 6.92 Å². The van der Waals surface area contributed by atoms with Gasteiger partial charge in [-0.1, -0.05) is 30.3 Å². The molecule has 3 aromatic carbocycles. The summed E-state index contributed by atoms with van der Waals surface area (Å²) in [6, 6.07) is 18.2. The molecule has 0 spiro atoms. The molecule has 1 aliphatic heterocycles. The van der Waals surface area contributed by atoms with E-state index in [2.05, 4.69) is 23.5 Å². The quantitative estimate of drug-likeness (QED) is 0.755. The fraction of sp³-hybridized carbons (Fsp3) is 0.150. The summed E-state index contributed by atoms with van der Waals surface area (Å²) in [5.41, 5.74) is 2.91. The Morgan fingerprint density at radius 3 is 2.58 bits per heavy atom. The minimum Gasteiger partial charge on any atom is -0.493 e. The van der Waals surface area contributed by atoms with Crippen molar-refractivity contribution in [2.24, 2.45) is 4.99 Å². The van der Waals surface area contributed by atoms with Crippen molar-refractivity contribution >= 4 is 28.0 Å². The van der Waals surface area contributed by atoms with Crippen LogP contribution in [0.4, 0.5) is 11.4 Å². The molecule has 0 aromatic heterocycles. The van der Waals surface area contributed by atoms with Crippen LogP contribution >= 0.6 is 0 Å². The zero-order valence-corrected chi connectivity index (χ0v) is 13.7. The van der Waals surface area contributed by atoms with E-state index >= 15 is 0 Å². The van der Waals surface area contributed by atoms with Crippen molar-refractivity contribution in [1.82, 2.24) is 0 Å². The van der Waals surface area contributed by atoms with E-state index < -0.39 is 0 Å². The first-order valence-corrected chi connectivity index (χ1v) is 7.99. The summed E-state index contributed by atoms with van der Waals surface area (Å²) in [4.78, 5) is 4.82. The zero-order valence-electron chi connectivity index (χ0n) is 13.7. The average molecular weight is 318 g/mol. The van der Waals surface area contributed by atoms with Crippen LogP contribution in [0.25, 0.3) is 10.8 Å². The Morgan fingerprint density at radius 1 is 1.00 bits per heavy atom. The molecule has 4 rings (SSSR count). The minimum atomic E-state index is 0.562. The number of methoxy groups -OCH3 is 1. The lowest BCUT2D eigenvalue weighted by Crippen LogP contribution is -2.17. The van der Waals surface area contributed by atoms with Crippen LogP contribution in [0.3, 0.4) is 0 Å². The number of anilines is 1. The summed E-state index contributed by atoms with van der Waals surface area (Å²) in [7, 11) is 1.65. The molecular formula is C20H18N2O2. The third kappa shape index (κ3) is 2.27. The van der Waals surface area contributed by atoms with Gasteiger partial charge in [0.2, 0.25) is 0 Å². The summed E-state index contributed by atoms with van der Waals surface area (Å²) in [6.07, 6.45) is 0. The molecule has 1 heterocycles. The van der Waals surface area contributed by atoms with Gasteiger partial charge in [0.1, 0.15) is 5.84 Å². The van der Waals surface area contributed by atoms with E-state index in [1.807, 2.05) is 43.3 Å². The third-order valence-electron chi connectivity index (χ3n) is 4.11. The summed E-state index contributed by atoms with van der Waals surface area (Å²) >= 11 is 0. The van der Waals surface area contributed by atoms with Crippen LogP contribution in [-0.2, 0) is 0 Å². The number of amidine groups is 1. The first kappa shape index (κ1) is 14.6. The van der Waals surface area contributed by atoms with E-state index in [0.717, 1.165) is 28.2 Å². The molecule has 1 aliphatic rings. The molecule has 4 nitrogen and oxygen atoms in total. The molecule has 0 fully saturated rings. The Labute approximate surface area is 140 Å². The molecule has 24 heavy (non-hydrogen) atoms. The monoisotopic (exact) mass is 318 g/mol. The molecule has 0 saturated carbocycles. The van der Waals surface area contributed by atoms with Crippen LogP contribution < -0.4 is 14.8 Å². The van der Waals surface area contributed by atoms with Crippen molar-refractivity contribution in [3.05, 3.63) is 60.2 Å². The normalized spacial score (nSPS) is 12.5. The Hall–Kier alpha value is -3.01. The number of nitrogens with zero attached hydrogens (tertiary/aromatic N) is 1. The van der Waals surface area contributed by atoms with Crippen LogP contribution in [-0.4, -0.2) is 19.6 Å². The fourth-order valence-electron chi connectivity index (χ4n) is 3.08. The first-order valence-electron chi connectivity index (χ1n) is 7.99. The van der Waals surface area contributed by atoms with E-state index in [1.165, 1.54) is 5.39 Å². The highest BCUT2D eigenvalue weighted by atomic mass is 16.5. The lowest BCUT2D eigenvalue weighted by atomic mass is 10.0. The van der Waals surface area contributed by atoms with Gasteiger partial charge < -0.3 is 14.8 Å². The van der Waals surface area contributed by atoms with Gasteiger partial charge in [0.25, 0.3) is 0 Å². The molecule has 3 aromatic rings. The van der Waals surface area contributed by atoms with E-state index in [0.29, 0.717) is 18.1 Å². The molecule has 0 bridgehead atoms. The van der Waals surface area contributed by atoms with Crippen molar-refractivity contribution in [3.63, 3.8) is 0 Å². The van der Waals surface area contributed by atoms with Crippen LogP contribution in [0.5, 0.6) is 11.5 Å². The molecule has 0 saturated heterocycles. The summed E-state index contributed by atoms with van der Waals surface area (Å²) in [6.45, 7) is 2.52. The van der Waals surface area contributed by atoms with Gasteiger partial charge >= 0.3 is 0 Å². The highest BCUT2D eigenvalue weighted by Crippen LogP contribution is 2.39.